The fourth-order valence-electron chi connectivity index (χ4n) is 3.39. The van der Waals surface area contributed by atoms with Gasteiger partial charge in [0.05, 0.1) is 8.07 Å². The summed E-state index contributed by atoms with van der Waals surface area (Å²) in [6, 6.07) is 3.61. The lowest BCUT2D eigenvalue weighted by Crippen LogP contribution is -2.37. The lowest BCUT2D eigenvalue weighted by molar-refractivity contribution is -0.132. The Morgan fingerprint density at radius 3 is 1.47 bits per heavy atom. The molecule has 0 aliphatic rings. The summed E-state index contributed by atoms with van der Waals surface area (Å²) >= 11 is 0. The molecule has 0 aromatic rings. The second-order valence-electron chi connectivity index (χ2n) is 7.29. The van der Waals surface area contributed by atoms with Crippen molar-refractivity contribution in [2.75, 3.05) is 0 Å². The Balaban J connectivity index is 5.45. The summed E-state index contributed by atoms with van der Waals surface area (Å²) in [6.45, 7) is 15.3. The highest BCUT2D eigenvalue weighted by molar-refractivity contribution is 6.85. The van der Waals surface area contributed by atoms with Gasteiger partial charge in [0.15, 0.2) is 0 Å². The summed E-state index contributed by atoms with van der Waals surface area (Å²) in [5, 5.41) is 9.20. The van der Waals surface area contributed by atoms with Crippen LogP contribution < -0.4 is 0 Å². The van der Waals surface area contributed by atoms with Crippen molar-refractivity contribution in [3.05, 3.63) is 11.3 Å². The van der Waals surface area contributed by atoms with E-state index in [1.807, 2.05) is 0 Å². The van der Waals surface area contributed by atoms with Crippen molar-refractivity contribution in [1.29, 1.82) is 0 Å². The molecule has 112 valence electrons. The van der Waals surface area contributed by atoms with E-state index in [2.05, 4.69) is 47.2 Å². The van der Waals surface area contributed by atoms with E-state index in [0.29, 0.717) is 23.3 Å². The van der Waals surface area contributed by atoms with Gasteiger partial charge in [0.1, 0.15) is 0 Å². The molecule has 2 nitrogen and oxygen atoms in total. The van der Waals surface area contributed by atoms with Crippen LogP contribution >= 0.6 is 0 Å². The molecule has 0 atom stereocenters. The molecule has 3 heteroatoms. The zero-order valence-corrected chi connectivity index (χ0v) is 14.8. The molecule has 0 saturated heterocycles. The van der Waals surface area contributed by atoms with E-state index in [0.717, 1.165) is 0 Å². The van der Waals surface area contributed by atoms with Crippen molar-refractivity contribution in [2.24, 2.45) is 17.8 Å². The van der Waals surface area contributed by atoms with Gasteiger partial charge in [-0.15, -0.1) is 0 Å². The molecular weight excluding hydrogens is 252 g/mol. The topological polar surface area (TPSA) is 37.3 Å². The minimum absolute atomic E-state index is 0.550. The Hall–Kier alpha value is -0.573. The van der Waals surface area contributed by atoms with Crippen LogP contribution in [0.4, 0.5) is 0 Å². The molecule has 19 heavy (non-hydrogen) atoms. The molecule has 0 rings (SSSR count). The first-order valence-corrected chi connectivity index (χ1v) is 10.2. The third-order valence-corrected chi connectivity index (χ3v) is 9.24. The molecule has 0 aliphatic carbocycles. The maximum Gasteiger partial charge on any atom is 0.330 e. The van der Waals surface area contributed by atoms with Gasteiger partial charge in [0.25, 0.3) is 0 Å². The largest absolute Gasteiger partial charge is 0.478 e. The molecular formula is C16H32O2Si. The Morgan fingerprint density at radius 2 is 1.26 bits per heavy atom. The molecule has 0 saturated carbocycles. The third kappa shape index (κ3) is 7.56. The SMILES string of the molecule is CC(=C[Si](CC(C)C)(CC(C)C)CC(C)C)C(=O)O. The Morgan fingerprint density at radius 1 is 0.947 bits per heavy atom. The maximum atomic E-state index is 11.2. The van der Waals surface area contributed by atoms with E-state index in [1.54, 1.807) is 6.92 Å². The van der Waals surface area contributed by atoms with E-state index in [4.69, 9.17) is 0 Å². The van der Waals surface area contributed by atoms with Crippen LogP contribution in [0.5, 0.6) is 0 Å². The smallest absolute Gasteiger partial charge is 0.330 e. The molecule has 0 fully saturated rings. The van der Waals surface area contributed by atoms with Gasteiger partial charge in [-0.3, -0.25) is 0 Å². The molecule has 0 radical (unpaired) electrons. The molecule has 0 unspecified atom stereocenters. The van der Waals surface area contributed by atoms with Crippen LogP contribution in [0.15, 0.2) is 11.3 Å². The van der Waals surface area contributed by atoms with Crippen molar-refractivity contribution in [3.8, 4) is 0 Å². The van der Waals surface area contributed by atoms with E-state index >= 15 is 0 Å². The maximum absolute atomic E-state index is 11.2. The van der Waals surface area contributed by atoms with Crippen molar-refractivity contribution in [1.82, 2.24) is 0 Å². The monoisotopic (exact) mass is 284 g/mol. The van der Waals surface area contributed by atoms with E-state index in [9.17, 15) is 9.90 Å². The van der Waals surface area contributed by atoms with Crippen LogP contribution in [-0.2, 0) is 4.79 Å². The Kier molecular flexibility index (Phi) is 7.64. The first kappa shape index (κ1) is 18.4. The second-order valence-corrected chi connectivity index (χ2v) is 11.5. The predicted octanol–water partition coefficient (Wildman–Crippen LogP) is 4.97. The van der Waals surface area contributed by atoms with Gasteiger partial charge in [0.2, 0.25) is 0 Å². The minimum atomic E-state index is -1.65. The molecule has 0 bridgehead atoms. The number of hydrogen-bond donors (Lipinski definition) is 1. The van der Waals surface area contributed by atoms with E-state index in [1.165, 1.54) is 18.1 Å². The van der Waals surface area contributed by atoms with Crippen LogP contribution in [0.3, 0.4) is 0 Å². The number of hydrogen-bond acceptors (Lipinski definition) is 1. The molecule has 0 amide bonds. The summed E-state index contributed by atoms with van der Waals surface area (Å²) < 4.78 is 0. The lowest BCUT2D eigenvalue weighted by atomic mass is 10.2. The normalized spacial score (nSPS) is 13.7. The van der Waals surface area contributed by atoms with Crippen LogP contribution in [0, 0.1) is 17.8 Å². The number of carbonyl (C=O) groups is 1. The summed E-state index contributed by atoms with van der Waals surface area (Å²) in [5.74, 6) is 1.17. The minimum Gasteiger partial charge on any atom is -0.478 e. The molecule has 0 heterocycles. The fourth-order valence-corrected chi connectivity index (χ4v) is 10.2. The van der Waals surface area contributed by atoms with Gasteiger partial charge in [-0.05, 0) is 24.7 Å². The molecule has 1 N–H and O–H groups in total. The average Bonchev–Trinajstić information content (AvgIpc) is 2.12. The highest BCUT2D eigenvalue weighted by Crippen LogP contribution is 2.34. The summed E-state index contributed by atoms with van der Waals surface area (Å²) in [5.41, 5.74) is 2.73. The van der Waals surface area contributed by atoms with Crippen LogP contribution in [-0.4, -0.2) is 19.1 Å². The zero-order valence-electron chi connectivity index (χ0n) is 13.8. The third-order valence-electron chi connectivity index (χ3n) is 3.30. The highest BCUT2D eigenvalue weighted by atomic mass is 28.3. The average molecular weight is 285 g/mol. The van der Waals surface area contributed by atoms with Crippen molar-refractivity contribution in [2.45, 2.75) is 66.6 Å². The summed E-state index contributed by atoms with van der Waals surface area (Å²) in [7, 11) is -1.65. The fraction of sp³-hybridized carbons (Fsp3) is 0.812. The summed E-state index contributed by atoms with van der Waals surface area (Å²) in [4.78, 5) is 11.2. The second kappa shape index (κ2) is 7.88. The van der Waals surface area contributed by atoms with E-state index in [-0.39, 0.29) is 0 Å². The van der Waals surface area contributed by atoms with Gasteiger partial charge < -0.3 is 5.11 Å². The van der Waals surface area contributed by atoms with Crippen molar-refractivity contribution in [3.63, 3.8) is 0 Å². The van der Waals surface area contributed by atoms with Crippen molar-refractivity contribution < 1.29 is 9.90 Å². The number of rotatable bonds is 8. The van der Waals surface area contributed by atoms with Crippen LogP contribution in [0.2, 0.25) is 18.1 Å². The molecule has 0 aromatic carbocycles. The molecule has 0 spiro atoms. The molecule has 0 aliphatic heterocycles. The van der Waals surface area contributed by atoms with Crippen molar-refractivity contribution >= 4 is 14.0 Å². The lowest BCUT2D eigenvalue weighted by Gasteiger charge is -2.34. The van der Waals surface area contributed by atoms with Gasteiger partial charge in [-0.1, -0.05) is 65.4 Å². The van der Waals surface area contributed by atoms with Gasteiger partial charge in [-0.2, -0.15) is 0 Å². The number of carboxylic acid groups (broad SMARTS) is 1. The number of aliphatic carboxylic acids is 1. The Labute approximate surface area is 120 Å². The standard InChI is InChI=1S/C16H32O2Si/c1-12(2)8-19(9-13(3)4,10-14(5)6)11-15(7)16(17)18/h11-14H,8-10H2,1-7H3,(H,17,18). The summed E-state index contributed by atoms with van der Waals surface area (Å²) in [6.07, 6.45) is 0. The van der Waals surface area contributed by atoms with Crippen LogP contribution in [0.1, 0.15) is 48.5 Å². The predicted molar refractivity (Wildman–Crippen MR) is 86.1 cm³/mol. The van der Waals surface area contributed by atoms with Gasteiger partial charge >= 0.3 is 5.97 Å². The quantitative estimate of drug-likeness (QED) is 0.504. The molecule has 0 aromatic heterocycles. The first-order valence-electron chi connectivity index (χ1n) is 7.50. The zero-order chi connectivity index (χ0) is 15.2. The number of carboxylic acids is 1. The van der Waals surface area contributed by atoms with Gasteiger partial charge in [-0.25, -0.2) is 4.79 Å². The van der Waals surface area contributed by atoms with Gasteiger partial charge in [0, 0.05) is 5.57 Å². The first-order chi connectivity index (χ1) is 8.58. The van der Waals surface area contributed by atoms with Crippen LogP contribution in [0.25, 0.3) is 0 Å². The van der Waals surface area contributed by atoms with E-state index < -0.39 is 14.0 Å². The highest BCUT2D eigenvalue weighted by Gasteiger charge is 2.33. The Bertz CT molecular complexity index is 290.